The highest BCUT2D eigenvalue weighted by Crippen LogP contribution is 2.46. The summed E-state index contributed by atoms with van der Waals surface area (Å²) in [5.74, 6) is 0.262. The van der Waals surface area contributed by atoms with Crippen LogP contribution in [0.1, 0.15) is 39.5 Å². The molecule has 1 saturated heterocycles. The lowest BCUT2D eigenvalue weighted by atomic mass is 9.76. The molecule has 3 heteroatoms. The van der Waals surface area contributed by atoms with Crippen LogP contribution >= 0.6 is 0 Å². The van der Waals surface area contributed by atoms with E-state index in [-0.39, 0.29) is 12.1 Å². The Morgan fingerprint density at radius 2 is 2.14 bits per heavy atom. The van der Waals surface area contributed by atoms with Crippen LogP contribution in [0.25, 0.3) is 0 Å². The zero-order valence-corrected chi connectivity index (χ0v) is 9.38. The Morgan fingerprint density at radius 3 is 2.64 bits per heavy atom. The summed E-state index contributed by atoms with van der Waals surface area (Å²) in [6, 6.07) is 0.557. The first-order chi connectivity index (χ1) is 6.72. The van der Waals surface area contributed by atoms with Gasteiger partial charge in [-0.1, -0.05) is 6.92 Å². The summed E-state index contributed by atoms with van der Waals surface area (Å²) in [4.78, 5) is 0. The molecule has 1 saturated carbocycles. The predicted octanol–water partition coefficient (Wildman–Crippen LogP) is 1.87. The SMILES string of the molecule is CCC1C(NC)CCCC12OC(C)O2. The second-order valence-electron chi connectivity index (χ2n) is 4.42. The molecule has 3 nitrogen and oxygen atoms in total. The third-order valence-electron chi connectivity index (χ3n) is 3.63. The van der Waals surface area contributed by atoms with E-state index in [0.29, 0.717) is 12.0 Å². The molecule has 1 heterocycles. The van der Waals surface area contributed by atoms with Gasteiger partial charge in [0, 0.05) is 18.4 Å². The smallest absolute Gasteiger partial charge is 0.178 e. The molecule has 2 unspecified atom stereocenters. The first-order valence-electron chi connectivity index (χ1n) is 5.74. The van der Waals surface area contributed by atoms with E-state index in [9.17, 15) is 0 Å². The molecule has 2 atom stereocenters. The van der Waals surface area contributed by atoms with Gasteiger partial charge in [-0.2, -0.15) is 0 Å². The standard InChI is InChI=1S/C11H21NO2/c1-4-9-10(12-3)6-5-7-11(9)13-8(2)14-11/h8-10,12H,4-7H2,1-3H3. The molecule has 2 aliphatic rings. The summed E-state index contributed by atoms with van der Waals surface area (Å²) in [6.45, 7) is 4.19. The molecule has 2 fully saturated rings. The van der Waals surface area contributed by atoms with Gasteiger partial charge in [0.2, 0.25) is 0 Å². The van der Waals surface area contributed by atoms with Crippen molar-refractivity contribution in [3.05, 3.63) is 0 Å². The number of hydrogen-bond acceptors (Lipinski definition) is 3. The highest BCUT2D eigenvalue weighted by atomic mass is 16.9. The van der Waals surface area contributed by atoms with E-state index in [4.69, 9.17) is 9.47 Å². The number of nitrogens with one attached hydrogen (secondary N) is 1. The van der Waals surface area contributed by atoms with Gasteiger partial charge in [-0.25, -0.2) is 0 Å². The van der Waals surface area contributed by atoms with E-state index >= 15 is 0 Å². The van der Waals surface area contributed by atoms with Crippen LogP contribution in [-0.2, 0) is 9.47 Å². The Hall–Kier alpha value is -0.120. The Bertz CT molecular complexity index is 196. The normalized spacial score (nSPS) is 47.8. The molecule has 1 N–H and O–H groups in total. The third kappa shape index (κ3) is 1.47. The van der Waals surface area contributed by atoms with Crippen LogP contribution in [0.5, 0.6) is 0 Å². The minimum Gasteiger partial charge on any atom is -0.321 e. The molecule has 1 spiro atoms. The molecule has 0 radical (unpaired) electrons. The molecule has 14 heavy (non-hydrogen) atoms. The fourth-order valence-corrected chi connectivity index (χ4v) is 3.07. The van der Waals surface area contributed by atoms with Crippen LogP contribution in [0.4, 0.5) is 0 Å². The van der Waals surface area contributed by atoms with Crippen LogP contribution in [0.2, 0.25) is 0 Å². The fraction of sp³-hybridized carbons (Fsp3) is 1.00. The van der Waals surface area contributed by atoms with Gasteiger partial charge in [-0.05, 0) is 33.2 Å². The molecule has 1 aliphatic heterocycles. The van der Waals surface area contributed by atoms with Crippen molar-refractivity contribution in [1.82, 2.24) is 5.32 Å². The van der Waals surface area contributed by atoms with Gasteiger partial charge >= 0.3 is 0 Å². The highest BCUT2D eigenvalue weighted by Gasteiger charge is 2.54. The second-order valence-corrected chi connectivity index (χ2v) is 4.42. The lowest BCUT2D eigenvalue weighted by molar-refractivity contribution is -0.471. The minimum absolute atomic E-state index is 0.000318. The van der Waals surface area contributed by atoms with Crippen molar-refractivity contribution in [3.8, 4) is 0 Å². The third-order valence-corrected chi connectivity index (χ3v) is 3.63. The zero-order valence-electron chi connectivity index (χ0n) is 9.38. The largest absolute Gasteiger partial charge is 0.321 e. The Labute approximate surface area is 86.2 Å². The number of hydrogen-bond donors (Lipinski definition) is 1. The van der Waals surface area contributed by atoms with Crippen molar-refractivity contribution in [2.24, 2.45) is 5.92 Å². The average Bonchev–Trinajstić information content (AvgIpc) is 2.15. The van der Waals surface area contributed by atoms with E-state index in [0.717, 1.165) is 12.8 Å². The van der Waals surface area contributed by atoms with Crippen molar-refractivity contribution in [2.75, 3.05) is 7.05 Å². The quantitative estimate of drug-likeness (QED) is 0.736. The zero-order chi connectivity index (χ0) is 10.2. The summed E-state index contributed by atoms with van der Waals surface area (Å²) < 4.78 is 11.7. The minimum atomic E-state index is -0.250. The van der Waals surface area contributed by atoms with Crippen molar-refractivity contribution in [3.63, 3.8) is 0 Å². The van der Waals surface area contributed by atoms with Crippen LogP contribution < -0.4 is 5.32 Å². The molecule has 0 aromatic carbocycles. The number of ether oxygens (including phenoxy) is 2. The maximum absolute atomic E-state index is 5.84. The van der Waals surface area contributed by atoms with Gasteiger partial charge in [-0.15, -0.1) is 0 Å². The van der Waals surface area contributed by atoms with Crippen molar-refractivity contribution in [2.45, 2.75) is 57.6 Å². The molecular weight excluding hydrogens is 178 g/mol. The molecule has 82 valence electrons. The molecule has 0 bridgehead atoms. The van der Waals surface area contributed by atoms with E-state index in [1.54, 1.807) is 0 Å². The maximum Gasteiger partial charge on any atom is 0.178 e. The summed E-state index contributed by atoms with van der Waals surface area (Å²) in [7, 11) is 2.04. The van der Waals surface area contributed by atoms with Gasteiger partial charge < -0.3 is 14.8 Å². The van der Waals surface area contributed by atoms with Crippen molar-refractivity contribution in [1.29, 1.82) is 0 Å². The monoisotopic (exact) mass is 199 g/mol. The highest BCUT2D eigenvalue weighted by molar-refractivity contribution is 4.95. The predicted molar refractivity (Wildman–Crippen MR) is 54.8 cm³/mol. The fourth-order valence-electron chi connectivity index (χ4n) is 3.07. The van der Waals surface area contributed by atoms with Gasteiger partial charge in [0.05, 0.1) is 0 Å². The van der Waals surface area contributed by atoms with E-state index in [2.05, 4.69) is 12.2 Å². The van der Waals surface area contributed by atoms with Gasteiger partial charge in [0.1, 0.15) is 0 Å². The number of rotatable bonds is 2. The Morgan fingerprint density at radius 1 is 1.43 bits per heavy atom. The summed E-state index contributed by atoms with van der Waals surface area (Å²) >= 11 is 0. The van der Waals surface area contributed by atoms with Gasteiger partial charge in [-0.3, -0.25) is 0 Å². The van der Waals surface area contributed by atoms with Crippen LogP contribution in [-0.4, -0.2) is 25.2 Å². The summed E-state index contributed by atoms with van der Waals surface area (Å²) in [5, 5.41) is 3.38. The molecule has 1 aliphatic carbocycles. The van der Waals surface area contributed by atoms with Crippen molar-refractivity contribution >= 4 is 0 Å². The second kappa shape index (κ2) is 3.80. The molecular formula is C11H21NO2. The first kappa shape index (κ1) is 10.4. The van der Waals surface area contributed by atoms with Crippen LogP contribution in [0, 0.1) is 5.92 Å². The van der Waals surface area contributed by atoms with Crippen molar-refractivity contribution < 1.29 is 9.47 Å². The first-order valence-corrected chi connectivity index (χ1v) is 5.74. The van der Waals surface area contributed by atoms with Gasteiger partial charge in [0.25, 0.3) is 0 Å². The lowest BCUT2D eigenvalue weighted by Gasteiger charge is -2.55. The Balaban J connectivity index is 2.08. The van der Waals surface area contributed by atoms with E-state index < -0.39 is 0 Å². The molecule has 0 aromatic heterocycles. The topological polar surface area (TPSA) is 30.5 Å². The maximum atomic E-state index is 5.84. The van der Waals surface area contributed by atoms with Crippen LogP contribution in [0.15, 0.2) is 0 Å². The molecule has 0 aromatic rings. The van der Waals surface area contributed by atoms with Gasteiger partial charge in [0.15, 0.2) is 12.1 Å². The van der Waals surface area contributed by atoms with E-state index in [1.165, 1.54) is 12.8 Å². The Kier molecular flexibility index (Phi) is 2.82. The summed E-state index contributed by atoms with van der Waals surface area (Å²) in [5.41, 5.74) is 0. The van der Waals surface area contributed by atoms with E-state index in [1.807, 2.05) is 14.0 Å². The lowest BCUT2D eigenvalue weighted by Crippen LogP contribution is -2.63. The van der Waals surface area contributed by atoms with Crippen LogP contribution in [0.3, 0.4) is 0 Å². The molecule has 2 rings (SSSR count). The summed E-state index contributed by atoms with van der Waals surface area (Å²) in [6.07, 6.45) is 4.64. The molecule has 0 amide bonds. The average molecular weight is 199 g/mol.